The molecular formula is C17H19FN2O. The minimum absolute atomic E-state index is 0.0368. The van der Waals surface area contributed by atoms with Gasteiger partial charge in [-0.15, -0.1) is 0 Å². The van der Waals surface area contributed by atoms with Crippen molar-refractivity contribution in [1.82, 2.24) is 0 Å². The zero-order valence-corrected chi connectivity index (χ0v) is 12.4. The van der Waals surface area contributed by atoms with E-state index >= 15 is 0 Å². The number of benzene rings is 2. The molecule has 0 aliphatic carbocycles. The van der Waals surface area contributed by atoms with Gasteiger partial charge in [0, 0.05) is 11.3 Å². The molecule has 110 valence electrons. The summed E-state index contributed by atoms with van der Waals surface area (Å²) in [5.74, 6) is -0.824. The zero-order chi connectivity index (χ0) is 15.6. The molecule has 0 aliphatic heterocycles. The van der Waals surface area contributed by atoms with Crippen molar-refractivity contribution in [3.05, 3.63) is 59.4 Å². The van der Waals surface area contributed by atoms with Crippen LogP contribution in [0.15, 0.2) is 42.5 Å². The van der Waals surface area contributed by atoms with Crippen molar-refractivity contribution in [3.8, 4) is 0 Å². The fourth-order valence-corrected chi connectivity index (χ4v) is 1.93. The van der Waals surface area contributed by atoms with E-state index in [2.05, 4.69) is 26.1 Å². The molecular weight excluding hydrogens is 267 g/mol. The van der Waals surface area contributed by atoms with Crippen molar-refractivity contribution >= 4 is 17.3 Å². The highest BCUT2D eigenvalue weighted by Gasteiger charge is 2.14. The molecule has 2 aromatic carbocycles. The van der Waals surface area contributed by atoms with Crippen molar-refractivity contribution in [3.63, 3.8) is 0 Å². The van der Waals surface area contributed by atoms with E-state index in [9.17, 15) is 9.18 Å². The van der Waals surface area contributed by atoms with Gasteiger partial charge in [-0.1, -0.05) is 32.9 Å². The summed E-state index contributed by atoms with van der Waals surface area (Å²) in [5.41, 5.74) is 7.55. The maximum Gasteiger partial charge on any atom is 0.255 e. The molecule has 2 aromatic rings. The Hall–Kier alpha value is -2.36. The molecule has 0 saturated heterocycles. The monoisotopic (exact) mass is 286 g/mol. The Balaban J connectivity index is 2.15. The molecule has 21 heavy (non-hydrogen) atoms. The molecule has 0 aliphatic rings. The Bertz CT molecular complexity index is 657. The Morgan fingerprint density at radius 2 is 1.71 bits per heavy atom. The number of carbonyl (C=O) groups excluding carboxylic acids is 1. The van der Waals surface area contributed by atoms with Crippen LogP contribution in [0, 0.1) is 5.82 Å². The van der Waals surface area contributed by atoms with E-state index in [0.29, 0.717) is 11.3 Å². The number of rotatable bonds is 2. The summed E-state index contributed by atoms with van der Waals surface area (Å²) in [6.07, 6.45) is 0. The molecule has 0 saturated carbocycles. The van der Waals surface area contributed by atoms with Crippen LogP contribution >= 0.6 is 0 Å². The summed E-state index contributed by atoms with van der Waals surface area (Å²) in [7, 11) is 0. The standard InChI is InChI=1S/C17H19FN2O/c1-17(2,3)12-6-4-11(5-7-12)16(21)20-13-8-9-15(19)14(18)10-13/h4-10H,19H2,1-3H3,(H,20,21). The molecule has 2 rings (SSSR count). The van der Waals surface area contributed by atoms with E-state index < -0.39 is 5.82 Å². The van der Waals surface area contributed by atoms with Crippen LogP contribution in [0.4, 0.5) is 15.8 Å². The quantitative estimate of drug-likeness (QED) is 0.821. The first-order valence-electron chi connectivity index (χ1n) is 6.74. The minimum atomic E-state index is -0.545. The first-order valence-corrected chi connectivity index (χ1v) is 6.74. The first kappa shape index (κ1) is 15.0. The lowest BCUT2D eigenvalue weighted by Crippen LogP contribution is -2.14. The number of nitrogen functional groups attached to an aromatic ring is 1. The number of amides is 1. The maximum atomic E-state index is 13.3. The van der Waals surface area contributed by atoms with Gasteiger partial charge in [-0.2, -0.15) is 0 Å². The maximum absolute atomic E-state index is 13.3. The molecule has 0 spiro atoms. The predicted octanol–water partition coefficient (Wildman–Crippen LogP) is 3.96. The largest absolute Gasteiger partial charge is 0.396 e. The van der Waals surface area contributed by atoms with Crippen molar-refractivity contribution in [2.45, 2.75) is 26.2 Å². The number of nitrogens with one attached hydrogen (secondary N) is 1. The smallest absolute Gasteiger partial charge is 0.255 e. The molecule has 0 unspecified atom stereocenters. The second kappa shape index (κ2) is 5.56. The van der Waals surface area contributed by atoms with Crippen LogP contribution in [0.25, 0.3) is 0 Å². The highest BCUT2D eigenvalue weighted by Crippen LogP contribution is 2.22. The van der Waals surface area contributed by atoms with Gasteiger partial charge in [-0.05, 0) is 41.3 Å². The molecule has 0 heterocycles. The molecule has 0 fully saturated rings. The summed E-state index contributed by atoms with van der Waals surface area (Å²) < 4.78 is 13.3. The molecule has 1 amide bonds. The fraction of sp³-hybridized carbons (Fsp3) is 0.235. The third-order valence-electron chi connectivity index (χ3n) is 3.27. The van der Waals surface area contributed by atoms with Crippen LogP contribution in [0.5, 0.6) is 0 Å². The van der Waals surface area contributed by atoms with Gasteiger partial charge in [0.15, 0.2) is 0 Å². The number of carbonyl (C=O) groups is 1. The summed E-state index contributed by atoms with van der Waals surface area (Å²) in [5, 5.41) is 2.65. The van der Waals surface area contributed by atoms with E-state index in [1.54, 1.807) is 18.2 Å². The average Bonchev–Trinajstić information content (AvgIpc) is 2.42. The summed E-state index contributed by atoms with van der Waals surface area (Å²) >= 11 is 0. The third kappa shape index (κ3) is 3.60. The van der Waals surface area contributed by atoms with Crippen LogP contribution < -0.4 is 11.1 Å². The number of hydrogen-bond acceptors (Lipinski definition) is 2. The summed E-state index contributed by atoms with van der Waals surface area (Å²) in [4.78, 5) is 12.1. The average molecular weight is 286 g/mol. The Kier molecular flexibility index (Phi) is 3.98. The molecule has 0 aromatic heterocycles. The Labute approximate surface area is 124 Å². The number of hydrogen-bond donors (Lipinski definition) is 2. The van der Waals surface area contributed by atoms with Gasteiger partial charge in [0.05, 0.1) is 5.69 Å². The van der Waals surface area contributed by atoms with Gasteiger partial charge >= 0.3 is 0 Å². The second-order valence-electron chi connectivity index (χ2n) is 6.02. The normalized spacial score (nSPS) is 11.2. The second-order valence-corrected chi connectivity index (χ2v) is 6.02. The van der Waals surface area contributed by atoms with E-state index in [1.807, 2.05) is 12.1 Å². The van der Waals surface area contributed by atoms with Crippen molar-refractivity contribution in [1.29, 1.82) is 0 Å². The highest BCUT2D eigenvalue weighted by atomic mass is 19.1. The van der Waals surface area contributed by atoms with Crippen molar-refractivity contribution in [2.24, 2.45) is 0 Å². The van der Waals surface area contributed by atoms with Gasteiger partial charge in [0.1, 0.15) is 5.82 Å². The molecule has 3 nitrogen and oxygen atoms in total. The van der Waals surface area contributed by atoms with Crippen LogP contribution in [-0.4, -0.2) is 5.91 Å². The SMILES string of the molecule is CC(C)(C)c1ccc(C(=O)Nc2ccc(N)c(F)c2)cc1. The fourth-order valence-electron chi connectivity index (χ4n) is 1.93. The van der Waals surface area contributed by atoms with Crippen molar-refractivity contribution < 1.29 is 9.18 Å². The van der Waals surface area contributed by atoms with Gasteiger partial charge < -0.3 is 11.1 Å². The van der Waals surface area contributed by atoms with Crippen LogP contribution in [0.3, 0.4) is 0 Å². The van der Waals surface area contributed by atoms with Gasteiger partial charge in [-0.3, -0.25) is 4.79 Å². The van der Waals surface area contributed by atoms with E-state index in [0.717, 1.165) is 5.56 Å². The van der Waals surface area contributed by atoms with Gasteiger partial charge in [0.2, 0.25) is 0 Å². The number of nitrogens with two attached hydrogens (primary N) is 1. The Morgan fingerprint density at radius 1 is 1.10 bits per heavy atom. The van der Waals surface area contributed by atoms with E-state index in [4.69, 9.17) is 5.73 Å². The van der Waals surface area contributed by atoms with E-state index in [-0.39, 0.29) is 17.0 Å². The lowest BCUT2D eigenvalue weighted by molar-refractivity contribution is 0.102. The lowest BCUT2D eigenvalue weighted by atomic mass is 9.87. The van der Waals surface area contributed by atoms with Crippen LogP contribution in [0.1, 0.15) is 36.7 Å². The Morgan fingerprint density at radius 3 is 2.24 bits per heavy atom. The number of halogens is 1. The summed E-state index contributed by atoms with van der Waals surface area (Å²) in [6, 6.07) is 11.6. The molecule has 0 atom stereocenters. The first-order chi connectivity index (χ1) is 9.77. The van der Waals surface area contributed by atoms with E-state index in [1.165, 1.54) is 12.1 Å². The molecule has 0 bridgehead atoms. The molecule has 4 heteroatoms. The van der Waals surface area contributed by atoms with Crippen molar-refractivity contribution in [2.75, 3.05) is 11.1 Å². The van der Waals surface area contributed by atoms with Crippen LogP contribution in [-0.2, 0) is 5.41 Å². The minimum Gasteiger partial charge on any atom is -0.396 e. The van der Waals surface area contributed by atoms with Gasteiger partial charge in [-0.25, -0.2) is 4.39 Å². The third-order valence-corrected chi connectivity index (χ3v) is 3.27. The molecule has 3 N–H and O–H groups in total. The van der Waals surface area contributed by atoms with Gasteiger partial charge in [0.25, 0.3) is 5.91 Å². The molecule has 0 radical (unpaired) electrons. The predicted molar refractivity (Wildman–Crippen MR) is 83.9 cm³/mol. The van der Waals surface area contributed by atoms with Crippen LogP contribution in [0.2, 0.25) is 0 Å². The number of anilines is 2. The zero-order valence-electron chi connectivity index (χ0n) is 12.4. The summed E-state index contributed by atoms with van der Waals surface area (Å²) in [6.45, 7) is 6.33. The highest BCUT2D eigenvalue weighted by molar-refractivity contribution is 6.04. The topological polar surface area (TPSA) is 55.1 Å². The lowest BCUT2D eigenvalue weighted by Gasteiger charge is -2.19.